The molecule has 0 aromatic heterocycles. The number of piperidine rings is 1. The molecule has 3 nitrogen and oxygen atoms in total. The number of rotatable bonds is 4. The highest BCUT2D eigenvalue weighted by molar-refractivity contribution is 5.30. The predicted molar refractivity (Wildman–Crippen MR) is 75.1 cm³/mol. The van der Waals surface area contributed by atoms with Crippen molar-refractivity contribution in [1.82, 2.24) is 10.2 Å². The maximum atomic E-state index is 5.30. The number of likely N-dealkylation sites (N-methyl/N-ethyl adjacent to an activating group) is 1. The SMILES string of the molecule is CNC1CCCN(C(C)c2cccc(OC)c2)C1. The highest BCUT2D eigenvalue weighted by Gasteiger charge is 2.23. The molecule has 1 aromatic rings. The van der Waals surface area contributed by atoms with Crippen LogP contribution in [0, 0.1) is 0 Å². The van der Waals surface area contributed by atoms with Crippen molar-refractivity contribution in [3.05, 3.63) is 29.8 Å². The van der Waals surface area contributed by atoms with Gasteiger partial charge in [0.2, 0.25) is 0 Å². The second-order valence-corrected chi connectivity index (χ2v) is 5.08. The maximum absolute atomic E-state index is 5.30. The van der Waals surface area contributed by atoms with Crippen LogP contribution in [0.4, 0.5) is 0 Å². The van der Waals surface area contributed by atoms with E-state index in [1.54, 1.807) is 7.11 Å². The molecule has 2 unspecified atom stereocenters. The lowest BCUT2D eigenvalue weighted by Gasteiger charge is -2.37. The van der Waals surface area contributed by atoms with Gasteiger partial charge in [-0.05, 0) is 51.1 Å². The van der Waals surface area contributed by atoms with Gasteiger partial charge in [0.05, 0.1) is 7.11 Å². The molecule has 2 atom stereocenters. The van der Waals surface area contributed by atoms with Gasteiger partial charge >= 0.3 is 0 Å². The van der Waals surface area contributed by atoms with Gasteiger partial charge in [-0.25, -0.2) is 0 Å². The largest absolute Gasteiger partial charge is 0.497 e. The van der Waals surface area contributed by atoms with Gasteiger partial charge in [-0.2, -0.15) is 0 Å². The first kappa shape index (κ1) is 13.4. The van der Waals surface area contributed by atoms with Gasteiger partial charge in [0.15, 0.2) is 0 Å². The topological polar surface area (TPSA) is 24.5 Å². The zero-order valence-corrected chi connectivity index (χ0v) is 11.6. The molecule has 1 saturated heterocycles. The Morgan fingerprint density at radius 2 is 2.28 bits per heavy atom. The van der Waals surface area contributed by atoms with Crippen LogP contribution in [0.5, 0.6) is 5.75 Å². The number of hydrogen-bond donors (Lipinski definition) is 1. The summed E-state index contributed by atoms with van der Waals surface area (Å²) in [4.78, 5) is 2.55. The lowest BCUT2D eigenvalue weighted by atomic mass is 10.0. The maximum Gasteiger partial charge on any atom is 0.119 e. The van der Waals surface area contributed by atoms with Gasteiger partial charge in [0.1, 0.15) is 5.75 Å². The lowest BCUT2D eigenvalue weighted by Crippen LogP contribution is -2.45. The van der Waals surface area contributed by atoms with Crippen molar-refractivity contribution in [2.75, 3.05) is 27.2 Å². The fourth-order valence-electron chi connectivity index (χ4n) is 2.71. The highest BCUT2D eigenvalue weighted by Crippen LogP contribution is 2.26. The number of ether oxygens (including phenoxy) is 1. The van der Waals surface area contributed by atoms with Crippen molar-refractivity contribution in [2.24, 2.45) is 0 Å². The molecule has 3 heteroatoms. The smallest absolute Gasteiger partial charge is 0.119 e. The van der Waals surface area contributed by atoms with Crippen molar-refractivity contribution in [1.29, 1.82) is 0 Å². The summed E-state index contributed by atoms with van der Waals surface area (Å²) in [6, 6.07) is 9.50. The van der Waals surface area contributed by atoms with Crippen LogP contribution < -0.4 is 10.1 Å². The third-order valence-electron chi connectivity index (χ3n) is 3.98. The van der Waals surface area contributed by atoms with Crippen LogP contribution in [0.3, 0.4) is 0 Å². The van der Waals surface area contributed by atoms with Crippen LogP contribution in [0.2, 0.25) is 0 Å². The summed E-state index contributed by atoms with van der Waals surface area (Å²) < 4.78 is 5.30. The van der Waals surface area contributed by atoms with Crippen LogP contribution in [-0.4, -0.2) is 38.2 Å². The fourth-order valence-corrected chi connectivity index (χ4v) is 2.71. The van der Waals surface area contributed by atoms with Gasteiger partial charge in [0.25, 0.3) is 0 Å². The molecular formula is C15H24N2O. The molecule has 0 radical (unpaired) electrons. The predicted octanol–water partition coefficient (Wildman–Crippen LogP) is 2.44. The van der Waals surface area contributed by atoms with Crippen LogP contribution in [0.25, 0.3) is 0 Å². The molecule has 1 heterocycles. The van der Waals surface area contributed by atoms with E-state index >= 15 is 0 Å². The Labute approximate surface area is 110 Å². The summed E-state index contributed by atoms with van der Waals surface area (Å²) in [7, 11) is 3.78. The summed E-state index contributed by atoms with van der Waals surface area (Å²) in [5.74, 6) is 0.946. The molecule has 0 spiro atoms. The van der Waals surface area contributed by atoms with E-state index in [2.05, 4.69) is 42.4 Å². The van der Waals surface area contributed by atoms with E-state index in [4.69, 9.17) is 4.74 Å². The Hall–Kier alpha value is -1.06. The van der Waals surface area contributed by atoms with Crippen molar-refractivity contribution in [3.63, 3.8) is 0 Å². The van der Waals surface area contributed by atoms with Gasteiger partial charge in [-0.3, -0.25) is 4.90 Å². The van der Waals surface area contributed by atoms with Gasteiger partial charge in [-0.15, -0.1) is 0 Å². The third kappa shape index (κ3) is 3.03. The zero-order valence-electron chi connectivity index (χ0n) is 11.6. The number of nitrogens with zero attached hydrogens (tertiary/aromatic N) is 1. The average Bonchev–Trinajstić information content (AvgIpc) is 2.46. The highest BCUT2D eigenvalue weighted by atomic mass is 16.5. The van der Waals surface area contributed by atoms with Gasteiger partial charge in [0, 0.05) is 18.6 Å². The minimum Gasteiger partial charge on any atom is -0.497 e. The Morgan fingerprint density at radius 1 is 1.44 bits per heavy atom. The summed E-state index contributed by atoms with van der Waals surface area (Å²) in [6.07, 6.45) is 2.57. The Morgan fingerprint density at radius 3 is 3.00 bits per heavy atom. The van der Waals surface area contributed by atoms with E-state index in [0.29, 0.717) is 12.1 Å². The number of hydrogen-bond acceptors (Lipinski definition) is 3. The second kappa shape index (κ2) is 6.21. The van der Waals surface area contributed by atoms with E-state index in [-0.39, 0.29) is 0 Å². The van der Waals surface area contributed by atoms with Crippen molar-refractivity contribution in [2.45, 2.75) is 31.8 Å². The van der Waals surface area contributed by atoms with Gasteiger partial charge in [-0.1, -0.05) is 12.1 Å². The first-order chi connectivity index (χ1) is 8.74. The van der Waals surface area contributed by atoms with E-state index in [1.807, 2.05) is 6.07 Å². The van der Waals surface area contributed by atoms with Gasteiger partial charge < -0.3 is 10.1 Å². The van der Waals surface area contributed by atoms with Crippen LogP contribution in [0.1, 0.15) is 31.4 Å². The van der Waals surface area contributed by atoms with E-state index in [1.165, 1.54) is 24.9 Å². The molecule has 1 N–H and O–H groups in total. The zero-order chi connectivity index (χ0) is 13.0. The molecule has 1 aliphatic rings. The van der Waals surface area contributed by atoms with Crippen molar-refractivity contribution in [3.8, 4) is 5.75 Å². The standard InChI is InChI=1S/C15H24N2O/c1-12(13-6-4-8-15(10-13)18-3)17-9-5-7-14(11-17)16-2/h4,6,8,10,12,14,16H,5,7,9,11H2,1-3H3. The molecule has 1 aliphatic heterocycles. The summed E-state index contributed by atoms with van der Waals surface area (Å²) in [6.45, 7) is 4.61. The third-order valence-corrected chi connectivity index (χ3v) is 3.98. The molecule has 100 valence electrons. The number of nitrogens with one attached hydrogen (secondary N) is 1. The summed E-state index contributed by atoms with van der Waals surface area (Å²) >= 11 is 0. The quantitative estimate of drug-likeness (QED) is 0.885. The lowest BCUT2D eigenvalue weighted by molar-refractivity contribution is 0.149. The molecule has 0 amide bonds. The molecular weight excluding hydrogens is 224 g/mol. The molecule has 18 heavy (non-hydrogen) atoms. The summed E-state index contributed by atoms with van der Waals surface area (Å²) in [5, 5.41) is 3.40. The van der Waals surface area contributed by atoms with E-state index in [9.17, 15) is 0 Å². The summed E-state index contributed by atoms with van der Waals surface area (Å²) in [5.41, 5.74) is 1.34. The van der Waals surface area contributed by atoms with Crippen LogP contribution >= 0.6 is 0 Å². The first-order valence-electron chi connectivity index (χ1n) is 6.80. The van der Waals surface area contributed by atoms with E-state index < -0.39 is 0 Å². The molecule has 2 rings (SSSR count). The fraction of sp³-hybridized carbons (Fsp3) is 0.600. The second-order valence-electron chi connectivity index (χ2n) is 5.08. The van der Waals surface area contributed by atoms with Crippen LogP contribution in [-0.2, 0) is 0 Å². The Balaban J connectivity index is 2.07. The minimum atomic E-state index is 0.455. The van der Waals surface area contributed by atoms with E-state index in [0.717, 1.165) is 12.3 Å². The normalized spacial score (nSPS) is 22.7. The molecule has 0 aliphatic carbocycles. The van der Waals surface area contributed by atoms with Crippen molar-refractivity contribution < 1.29 is 4.74 Å². The number of methoxy groups -OCH3 is 1. The first-order valence-corrected chi connectivity index (χ1v) is 6.80. The number of benzene rings is 1. The molecule has 1 fully saturated rings. The average molecular weight is 248 g/mol. The van der Waals surface area contributed by atoms with Crippen LogP contribution in [0.15, 0.2) is 24.3 Å². The molecule has 0 bridgehead atoms. The molecule has 0 saturated carbocycles. The Bertz CT molecular complexity index is 381. The monoisotopic (exact) mass is 248 g/mol. The van der Waals surface area contributed by atoms with Crippen molar-refractivity contribution >= 4 is 0 Å². The number of likely N-dealkylation sites (tertiary alicyclic amines) is 1. The molecule has 1 aromatic carbocycles. The minimum absolute atomic E-state index is 0.455. The Kier molecular flexibility index (Phi) is 4.61.